The van der Waals surface area contributed by atoms with Crippen LogP contribution in [0.2, 0.25) is 0 Å². The first-order valence-electron chi connectivity index (χ1n) is 5.35. The van der Waals surface area contributed by atoms with Crippen molar-refractivity contribution in [2.45, 2.75) is 33.1 Å². The number of nitrogens with zero attached hydrogens (tertiary/aromatic N) is 3. The number of rotatable bonds is 3. The minimum atomic E-state index is 0.339. The van der Waals surface area contributed by atoms with Gasteiger partial charge >= 0.3 is 0 Å². The highest BCUT2D eigenvalue weighted by molar-refractivity contribution is 6.16. The normalized spacial score (nSPS) is 19.7. The van der Waals surface area contributed by atoms with Gasteiger partial charge in [-0.1, -0.05) is 13.3 Å². The van der Waals surface area contributed by atoms with Crippen LogP contribution in [0.25, 0.3) is 0 Å². The molecule has 4 nitrogen and oxygen atoms in total. The summed E-state index contributed by atoms with van der Waals surface area (Å²) in [6, 6.07) is 0. The van der Waals surface area contributed by atoms with Crippen LogP contribution in [0.3, 0.4) is 0 Å². The fourth-order valence-corrected chi connectivity index (χ4v) is 1.77. The van der Waals surface area contributed by atoms with Crippen molar-refractivity contribution >= 4 is 17.8 Å². The molecular formula is C11H15N3O. The molecule has 80 valence electrons. The van der Waals surface area contributed by atoms with Crippen LogP contribution in [-0.2, 0) is 0 Å². The van der Waals surface area contributed by atoms with E-state index in [4.69, 9.17) is 0 Å². The number of allylic oxidation sites excluding steroid dienone is 1. The van der Waals surface area contributed by atoms with Gasteiger partial charge in [0.15, 0.2) is 12.8 Å². The second-order valence-corrected chi connectivity index (χ2v) is 3.93. The third-order valence-electron chi connectivity index (χ3n) is 2.55. The Morgan fingerprint density at radius 1 is 1.47 bits per heavy atom. The van der Waals surface area contributed by atoms with E-state index >= 15 is 0 Å². The average Bonchev–Trinajstić information content (AvgIpc) is 2.57. The topological polar surface area (TPSA) is 50.8 Å². The zero-order valence-corrected chi connectivity index (χ0v) is 9.16. The number of hydrogen-bond donors (Lipinski definition) is 0. The molecule has 2 heterocycles. The number of unbranched alkanes of at least 4 members (excludes halogenated alkanes) is 1. The van der Waals surface area contributed by atoms with Gasteiger partial charge in [-0.25, -0.2) is 14.7 Å². The minimum absolute atomic E-state index is 0.339. The Hall–Kier alpha value is -1.45. The smallest absolute Gasteiger partial charge is 0.197 e. The highest BCUT2D eigenvalue weighted by atomic mass is 16.5. The van der Waals surface area contributed by atoms with E-state index in [2.05, 4.69) is 16.9 Å². The highest BCUT2D eigenvalue weighted by Crippen LogP contribution is 2.19. The predicted molar refractivity (Wildman–Crippen MR) is 61.7 cm³/mol. The molecule has 2 rings (SSSR count). The molecule has 0 aromatic heterocycles. The van der Waals surface area contributed by atoms with E-state index in [0.29, 0.717) is 6.54 Å². The first-order chi connectivity index (χ1) is 7.20. The summed E-state index contributed by atoms with van der Waals surface area (Å²) in [6.07, 6.45) is 4.74. The molecule has 0 amide bonds. The Morgan fingerprint density at radius 2 is 2.27 bits per heavy atom. The fourth-order valence-electron chi connectivity index (χ4n) is 1.77. The van der Waals surface area contributed by atoms with Gasteiger partial charge in [0, 0.05) is 12.0 Å². The molecule has 0 saturated heterocycles. The maximum Gasteiger partial charge on any atom is 0.197 e. The first-order valence-corrected chi connectivity index (χ1v) is 5.35. The highest BCUT2D eigenvalue weighted by Gasteiger charge is 2.24. The maximum atomic E-state index is 11.2. The second kappa shape index (κ2) is 3.96. The lowest BCUT2D eigenvalue weighted by atomic mass is 10.1. The third kappa shape index (κ3) is 1.98. The number of fused-ring (bicyclic) bond motifs is 1. The predicted octanol–water partition coefficient (Wildman–Crippen LogP) is 1.90. The summed E-state index contributed by atoms with van der Waals surface area (Å²) in [7, 11) is 0. The molecule has 0 saturated carbocycles. The third-order valence-corrected chi connectivity index (χ3v) is 2.55. The van der Waals surface area contributed by atoms with E-state index < -0.39 is 0 Å². The van der Waals surface area contributed by atoms with Crippen molar-refractivity contribution in [1.29, 1.82) is 0 Å². The van der Waals surface area contributed by atoms with Crippen LogP contribution < -0.4 is 0 Å². The molecular weight excluding hydrogens is 190 g/mol. The molecule has 0 fully saturated rings. The van der Waals surface area contributed by atoms with Crippen LogP contribution in [-0.4, -0.2) is 29.0 Å². The van der Waals surface area contributed by atoms with Crippen LogP contribution in [0.1, 0.15) is 33.1 Å². The van der Waals surface area contributed by atoms with Gasteiger partial charge in [-0.3, -0.25) is 0 Å². The van der Waals surface area contributed by atoms with Crippen LogP contribution in [0.15, 0.2) is 21.3 Å². The number of hydroxylamine groups is 1. The molecule has 0 atom stereocenters. The SMILES string of the molecule is CCCCC1=NC2=C(C)C=[N+]([O-])CC2=N1. The quantitative estimate of drug-likeness (QED) is 0.512. The van der Waals surface area contributed by atoms with Crippen molar-refractivity contribution < 1.29 is 4.74 Å². The molecule has 0 unspecified atom stereocenters. The van der Waals surface area contributed by atoms with Gasteiger partial charge in [0.1, 0.15) is 17.2 Å². The second-order valence-electron chi connectivity index (χ2n) is 3.93. The van der Waals surface area contributed by atoms with Crippen molar-refractivity contribution in [1.82, 2.24) is 0 Å². The summed E-state index contributed by atoms with van der Waals surface area (Å²) in [5.41, 5.74) is 2.66. The summed E-state index contributed by atoms with van der Waals surface area (Å²) >= 11 is 0. The maximum absolute atomic E-state index is 11.2. The van der Waals surface area contributed by atoms with Gasteiger partial charge in [0.25, 0.3) is 0 Å². The Morgan fingerprint density at radius 3 is 3.00 bits per heavy atom. The molecule has 2 aliphatic rings. The van der Waals surface area contributed by atoms with Gasteiger partial charge in [-0.05, 0) is 13.3 Å². The van der Waals surface area contributed by atoms with Gasteiger partial charge in [-0.2, -0.15) is 0 Å². The average molecular weight is 205 g/mol. The Balaban J connectivity index is 2.20. The van der Waals surface area contributed by atoms with Crippen LogP contribution in [0.5, 0.6) is 0 Å². The monoisotopic (exact) mass is 205 g/mol. The molecule has 0 aromatic rings. The van der Waals surface area contributed by atoms with Crippen molar-refractivity contribution in [2.75, 3.05) is 6.54 Å². The largest absolute Gasteiger partial charge is 0.623 e. The van der Waals surface area contributed by atoms with Crippen molar-refractivity contribution in [3.8, 4) is 0 Å². The zero-order chi connectivity index (χ0) is 10.8. The van der Waals surface area contributed by atoms with E-state index in [1.165, 1.54) is 0 Å². The zero-order valence-electron chi connectivity index (χ0n) is 9.16. The standard InChI is InChI=1S/C11H15N3O/c1-3-4-5-10-12-9-7-14(15)6-8(2)11(9)13-10/h6H,3-5,7H2,1-2H3. The Bertz CT molecular complexity index is 402. The van der Waals surface area contributed by atoms with Crippen molar-refractivity contribution in [2.24, 2.45) is 9.98 Å². The number of amidine groups is 1. The van der Waals surface area contributed by atoms with Crippen molar-refractivity contribution in [3.05, 3.63) is 16.5 Å². The molecule has 0 bridgehead atoms. The summed E-state index contributed by atoms with van der Waals surface area (Å²) in [5, 5.41) is 11.2. The molecule has 15 heavy (non-hydrogen) atoms. The molecule has 4 heteroatoms. The minimum Gasteiger partial charge on any atom is -0.623 e. The van der Waals surface area contributed by atoms with E-state index in [-0.39, 0.29) is 0 Å². The molecule has 2 aliphatic heterocycles. The van der Waals surface area contributed by atoms with Gasteiger partial charge < -0.3 is 5.21 Å². The van der Waals surface area contributed by atoms with Gasteiger partial charge in [0.05, 0.1) is 0 Å². The first kappa shape index (κ1) is 10.1. The Labute approximate surface area is 89.3 Å². The van der Waals surface area contributed by atoms with E-state index in [1.807, 2.05) is 6.92 Å². The molecule has 0 N–H and O–H groups in total. The Kier molecular flexibility index (Phi) is 2.66. The number of hydrogen-bond acceptors (Lipinski definition) is 3. The van der Waals surface area contributed by atoms with E-state index in [1.54, 1.807) is 6.21 Å². The van der Waals surface area contributed by atoms with Gasteiger partial charge in [0.2, 0.25) is 0 Å². The summed E-state index contributed by atoms with van der Waals surface area (Å²) in [6.45, 7) is 4.39. The van der Waals surface area contributed by atoms with Gasteiger partial charge in [-0.15, -0.1) is 0 Å². The van der Waals surface area contributed by atoms with E-state index in [0.717, 1.165) is 46.8 Å². The molecule has 0 aromatic carbocycles. The molecule has 0 radical (unpaired) electrons. The van der Waals surface area contributed by atoms with Crippen LogP contribution in [0, 0.1) is 5.21 Å². The van der Waals surface area contributed by atoms with Crippen LogP contribution in [0.4, 0.5) is 0 Å². The number of aliphatic imine (C=N–C) groups is 2. The molecule has 0 aliphatic carbocycles. The summed E-state index contributed by atoms with van der Waals surface area (Å²) in [4.78, 5) is 8.85. The lowest BCUT2D eigenvalue weighted by molar-refractivity contribution is -0.435. The lowest BCUT2D eigenvalue weighted by Gasteiger charge is -2.10. The summed E-state index contributed by atoms with van der Waals surface area (Å²) in [5.74, 6) is 0.880. The fraction of sp³-hybridized carbons (Fsp3) is 0.545. The summed E-state index contributed by atoms with van der Waals surface area (Å²) < 4.78 is 0.913. The van der Waals surface area contributed by atoms with Crippen molar-refractivity contribution in [3.63, 3.8) is 0 Å². The molecule has 0 spiro atoms. The van der Waals surface area contributed by atoms with E-state index in [9.17, 15) is 5.21 Å². The lowest BCUT2D eigenvalue weighted by Crippen LogP contribution is -2.23. The van der Waals surface area contributed by atoms with Crippen LogP contribution >= 0.6 is 0 Å².